The maximum atomic E-state index is 14.3. The van der Waals surface area contributed by atoms with Crippen molar-refractivity contribution < 1.29 is 23.9 Å². The molecule has 0 aromatic heterocycles. The third kappa shape index (κ3) is 6.23. The number of nitrogens with zero attached hydrogens (tertiary/aromatic N) is 2. The summed E-state index contributed by atoms with van der Waals surface area (Å²) in [4.78, 5) is 44.7. The number of urea groups is 1. The van der Waals surface area contributed by atoms with Gasteiger partial charge in [-0.05, 0) is 100 Å². The monoisotopic (exact) mass is 719 g/mol. The fraction of sp³-hybridized carbons (Fsp3) is 0.275. The van der Waals surface area contributed by atoms with Crippen LogP contribution in [0.4, 0.5) is 16.2 Å². The van der Waals surface area contributed by atoms with E-state index in [4.69, 9.17) is 9.47 Å². The molecule has 49 heavy (non-hydrogen) atoms. The van der Waals surface area contributed by atoms with Crippen LogP contribution in [-0.4, -0.2) is 44.1 Å². The Morgan fingerprint density at radius 1 is 0.837 bits per heavy atom. The van der Waals surface area contributed by atoms with Crippen molar-refractivity contribution in [3.8, 4) is 11.5 Å². The molecule has 2 atom stereocenters. The normalized spacial score (nSPS) is 19.5. The van der Waals surface area contributed by atoms with Crippen molar-refractivity contribution in [2.45, 2.75) is 44.9 Å². The zero-order valence-corrected chi connectivity index (χ0v) is 29.2. The number of hydrogen-bond acceptors (Lipinski definition) is 6. The molecular weight excluding hydrogens is 682 g/mol. The van der Waals surface area contributed by atoms with Crippen LogP contribution in [0.3, 0.4) is 0 Å². The molecule has 0 radical (unpaired) electrons. The summed E-state index contributed by atoms with van der Waals surface area (Å²) >= 11 is 3.57. The predicted molar refractivity (Wildman–Crippen MR) is 195 cm³/mol. The van der Waals surface area contributed by atoms with Crippen molar-refractivity contribution in [1.29, 1.82) is 0 Å². The van der Waals surface area contributed by atoms with E-state index in [1.54, 1.807) is 12.1 Å². The van der Waals surface area contributed by atoms with Crippen LogP contribution < -0.4 is 24.6 Å². The lowest BCUT2D eigenvalue weighted by molar-refractivity contribution is -0.122. The van der Waals surface area contributed by atoms with E-state index in [0.29, 0.717) is 40.4 Å². The number of anilines is 2. The SMILES string of the molecule is CCCOc1c(Br)cc(/C=C2\C(=O)NC(=O)N(c3cc4c5c(c3)[C@H](c3ccccc3)CCN5CC[C@@H]4c3ccccc3)C2=O)cc1OCC. The van der Waals surface area contributed by atoms with Crippen LogP contribution in [0.2, 0.25) is 0 Å². The minimum absolute atomic E-state index is 0.0862. The van der Waals surface area contributed by atoms with E-state index >= 15 is 0 Å². The van der Waals surface area contributed by atoms with E-state index < -0.39 is 17.8 Å². The summed E-state index contributed by atoms with van der Waals surface area (Å²) in [5.74, 6) is -0.212. The van der Waals surface area contributed by atoms with Crippen molar-refractivity contribution in [2.75, 3.05) is 36.1 Å². The molecule has 1 fully saturated rings. The second-order valence-corrected chi connectivity index (χ2v) is 13.4. The van der Waals surface area contributed by atoms with Crippen molar-refractivity contribution >= 4 is 51.2 Å². The van der Waals surface area contributed by atoms with Crippen molar-refractivity contribution in [1.82, 2.24) is 5.32 Å². The van der Waals surface area contributed by atoms with Crippen LogP contribution in [0.1, 0.15) is 72.8 Å². The summed E-state index contributed by atoms with van der Waals surface area (Å²) in [7, 11) is 0. The second-order valence-electron chi connectivity index (χ2n) is 12.5. The second kappa shape index (κ2) is 13.9. The highest BCUT2D eigenvalue weighted by Crippen LogP contribution is 2.50. The largest absolute Gasteiger partial charge is 0.490 e. The Bertz CT molecular complexity index is 1870. The number of carbonyl (C=O) groups excluding carboxylic acids is 3. The maximum absolute atomic E-state index is 14.3. The number of imide groups is 2. The lowest BCUT2D eigenvalue weighted by Crippen LogP contribution is -2.54. The van der Waals surface area contributed by atoms with Gasteiger partial charge in [-0.25, -0.2) is 9.69 Å². The van der Waals surface area contributed by atoms with Gasteiger partial charge in [0.2, 0.25) is 0 Å². The number of ether oxygens (including phenoxy) is 2. The summed E-state index contributed by atoms with van der Waals surface area (Å²) in [6, 6.07) is 27.5. The predicted octanol–water partition coefficient (Wildman–Crippen LogP) is 8.18. The zero-order valence-electron chi connectivity index (χ0n) is 27.6. The van der Waals surface area contributed by atoms with Crippen LogP contribution in [-0.2, 0) is 9.59 Å². The Kier molecular flexibility index (Phi) is 9.27. The Balaban J connectivity index is 1.34. The van der Waals surface area contributed by atoms with Crippen LogP contribution in [0.15, 0.2) is 95.0 Å². The van der Waals surface area contributed by atoms with E-state index in [1.807, 2.05) is 62.4 Å². The number of carbonyl (C=O) groups is 3. The molecule has 0 unspecified atom stereocenters. The number of amides is 4. The summed E-state index contributed by atoms with van der Waals surface area (Å²) in [5, 5.41) is 2.43. The third-order valence-electron chi connectivity index (χ3n) is 9.45. The molecule has 9 heteroatoms. The first-order valence-electron chi connectivity index (χ1n) is 16.9. The van der Waals surface area contributed by atoms with E-state index in [2.05, 4.69) is 50.4 Å². The molecule has 7 rings (SSSR count). The van der Waals surface area contributed by atoms with Gasteiger partial charge >= 0.3 is 6.03 Å². The molecule has 3 aliphatic heterocycles. The van der Waals surface area contributed by atoms with Gasteiger partial charge in [-0.3, -0.25) is 14.9 Å². The average Bonchev–Trinajstić information content (AvgIpc) is 3.11. The number of rotatable bonds is 9. The molecule has 0 aliphatic carbocycles. The van der Waals surface area contributed by atoms with Gasteiger partial charge in [-0.2, -0.15) is 0 Å². The first-order valence-corrected chi connectivity index (χ1v) is 17.7. The molecule has 4 aromatic rings. The van der Waals surface area contributed by atoms with E-state index in [9.17, 15) is 14.4 Å². The van der Waals surface area contributed by atoms with Crippen molar-refractivity contribution in [3.05, 3.63) is 123 Å². The minimum atomic E-state index is -0.769. The molecule has 1 N–H and O–H groups in total. The Hall–Kier alpha value is -4.89. The van der Waals surface area contributed by atoms with E-state index in [0.717, 1.165) is 48.4 Å². The maximum Gasteiger partial charge on any atom is 0.335 e. The zero-order chi connectivity index (χ0) is 34.1. The summed E-state index contributed by atoms with van der Waals surface area (Å²) in [6.07, 6.45) is 4.14. The van der Waals surface area contributed by atoms with Gasteiger partial charge in [0.05, 0.1) is 23.4 Å². The Morgan fingerprint density at radius 2 is 1.45 bits per heavy atom. The van der Waals surface area contributed by atoms with Gasteiger partial charge in [0, 0.05) is 30.6 Å². The smallest absolute Gasteiger partial charge is 0.335 e. The first-order chi connectivity index (χ1) is 23.9. The summed E-state index contributed by atoms with van der Waals surface area (Å²) in [5.41, 5.74) is 6.58. The van der Waals surface area contributed by atoms with Gasteiger partial charge in [0.25, 0.3) is 11.8 Å². The summed E-state index contributed by atoms with van der Waals surface area (Å²) < 4.78 is 12.4. The number of barbiturate groups is 1. The topological polar surface area (TPSA) is 88.2 Å². The third-order valence-corrected chi connectivity index (χ3v) is 10.0. The first kappa shape index (κ1) is 32.6. The average molecular weight is 721 g/mol. The molecule has 1 saturated heterocycles. The van der Waals surface area contributed by atoms with Crippen molar-refractivity contribution in [2.24, 2.45) is 0 Å². The fourth-order valence-electron chi connectivity index (χ4n) is 7.31. The lowest BCUT2D eigenvalue weighted by Gasteiger charge is -2.44. The van der Waals surface area contributed by atoms with Crippen LogP contribution in [0.5, 0.6) is 11.5 Å². The number of nitrogens with one attached hydrogen (secondary N) is 1. The lowest BCUT2D eigenvalue weighted by atomic mass is 9.76. The van der Waals surface area contributed by atoms with E-state index in [1.165, 1.54) is 22.9 Å². The molecule has 8 nitrogen and oxygen atoms in total. The van der Waals surface area contributed by atoms with Crippen LogP contribution in [0.25, 0.3) is 6.08 Å². The number of benzene rings is 4. The molecule has 0 saturated carbocycles. The van der Waals surface area contributed by atoms with Gasteiger partial charge in [-0.1, -0.05) is 67.6 Å². The molecular formula is C40H38BrN3O5. The van der Waals surface area contributed by atoms with Crippen LogP contribution >= 0.6 is 15.9 Å². The molecule has 3 heterocycles. The standard InChI is InChI=1S/C40H38BrN3O5/c1-3-19-49-37-34(41)21-25(22-35(37)48-4-2)20-33-38(45)42-40(47)44(39(33)46)28-23-31-29(26-11-7-5-8-12-26)15-17-43-18-16-30(32(24-28)36(31)43)27-13-9-6-10-14-27/h5-14,20-24,29-30H,3-4,15-19H2,1-2H3,(H,42,45,47)/b33-20+/t29-,30+. The van der Waals surface area contributed by atoms with Gasteiger partial charge < -0.3 is 14.4 Å². The number of hydrogen-bond donors (Lipinski definition) is 1. The van der Waals surface area contributed by atoms with Gasteiger partial charge in [-0.15, -0.1) is 0 Å². The molecule has 0 spiro atoms. The molecule has 4 amide bonds. The number of halogens is 1. The highest BCUT2D eigenvalue weighted by Gasteiger charge is 2.40. The highest BCUT2D eigenvalue weighted by atomic mass is 79.9. The molecule has 250 valence electrons. The van der Waals surface area contributed by atoms with Gasteiger partial charge in [0.15, 0.2) is 11.5 Å². The molecule has 0 bridgehead atoms. The minimum Gasteiger partial charge on any atom is -0.490 e. The Labute approximate surface area is 294 Å². The fourth-order valence-corrected chi connectivity index (χ4v) is 7.88. The quantitative estimate of drug-likeness (QED) is 0.139. The Morgan fingerprint density at radius 3 is 2.02 bits per heavy atom. The summed E-state index contributed by atoms with van der Waals surface area (Å²) in [6.45, 7) is 6.65. The highest BCUT2D eigenvalue weighted by molar-refractivity contribution is 9.10. The van der Waals surface area contributed by atoms with E-state index in [-0.39, 0.29) is 17.4 Å². The van der Waals surface area contributed by atoms with Gasteiger partial charge in [0.1, 0.15) is 5.57 Å². The van der Waals surface area contributed by atoms with Crippen molar-refractivity contribution in [3.63, 3.8) is 0 Å². The molecule has 4 aromatic carbocycles. The van der Waals surface area contributed by atoms with Crippen LogP contribution in [0, 0.1) is 0 Å². The molecule has 3 aliphatic rings.